The maximum absolute atomic E-state index is 3.64. The van der Waals surface area contributed by atoms with Gasteiger partial charge in [0, 0.05) is 25.7 Å². The minimum absolute atomic E-state index is 0.787. The smallest absolute Gasteiger partial charge is 0.0215 e. The van der Waals surface area contributed by atoms with E-state index < -0.39 is 0 Å². The third-order valence-electron chi connectivity index (χ3n) is 3.67. The Morgan fingerprint density at radius 2 is 2.20 bits per heavy atom. The summed E-state index contributed by atoms with van der Waals surface area (Å²) in [5, 5.41) is 7.05. The lowest BCUT2D eigenvalue weighted by molar-refractivity contribution is 0.338. The first-order valence-electron chi connectivity index (χ1n) is 5.97. The van der Waals surface area contributed by atoms with Crippen LogP contribution in [0.25, 0.3) is 0 Å². The van der Waals surface area contributed by atoms with Crippen molar-refractivity contribution in [1.82, 2.24) is 10.6 Å². The Bertz CT molecular complexity index is 356. The van der Waals surface area contributed by atoms with Gasteiger partial charge in [-0.15, -0.1) is 0 Å². The van der Waals surface area contributed by atoms with E-state index in [0.29, 0.717) is 0 Å². The van der Waals surface area contributed by atoms with Crippen LogP contribution in [-0.2, 0) is 19.6 Å². The number of hydrogen-bond donors (Lipinski definition) is 2. The highest BCUT2D eigenvalue weighted by Crippen LogP contribution is 2.22. The van der Waals surface area contributed by atoms with E-state index in [2.05, 4.69) is 28.8 Å². The second-order valence-corrected chi connectivity index (χ2v) is 4.67. The lowest BCUT2D eigenvalue weighted by atomic mass is 9.92. The van der Waals surface area contributed by atoms with Gasteiger partial charge < -0.3 is 10.6 Å². The zero-order valence-corrected chi connectivity index (χ0v) is 9.05. The first-order chi connectivity index (χ1) is 7.43. The van der Waals surface area contributed by atoms with E-state index in [9.17, 15) is 0 Å². The molecule has 80 valence electrons. The van der Waals surface area contributed by atoms with E-state index in [1.54, 1.807) is 0 Å². The minimum atomic E-state index is 0.787. The van der Waals surface area contributed by atoms with Crippen LogP contribution in [0.1, 0.15) is 36.0 Å². The maximum Gasteiger partial charge on any atom is 0.0215 e. The van der Waals surface area contributed by atoms with Gasteiger partial charge in [-0.05, 0) is 29.5 Å². The van der Waals surface area contributed by atoms with Crippen molar-refractivity contribution < 1.29 is 0 Å². The van der Waals surface area contributed by atoms with Crippen molar-refractivity contribution >= 4 is 0 Å². The molecule has 0 unspecified atom stereocenters. The fourth-order valence-corrected chi connectivity index (χ4v) is 2.43. The van der Waals surface area contributed by atoms with Gasteiger partial charge in [0.05, 0.1) is 0 Å². The molecule has 2 aliphatic rings. The quantitative estimate of drug-likeness (QED) is 0.782. The Morgan fingerprint density at radius 3 is 3.00 bits per heavy atom. The Hall–Kier alpha value is -0.860. The summed E-state index contributed by atoms with van der Waals surface area (Å²) >= 11 is 0. The third-order valence-corrected chi connectivity index (χ3v) is 3.67. The number of fused-ring (bicyclic) bond motifs is 1. The highest BCUT2D eigenvalue weighted by molar-refractivity contribution is 5.37. The lowest BCUT2D eigenvalue weighted by Crippen LogP contribution is -2.34. The molecule has 1 fully saturated rings. The van der Waals surface area contributed by atoms with Crippen molar-refractivity contribution in [1.29, 1.82) is 0 Å². The van der Waals surface area contributed by atoms with Gasteiger partial charge in [-0.1, -0.05) is 24.6 Å². The summed E-state index contributed by atoms with van der Waals surface area (Å²) in [7, 11) is 0. The zero-order valence-electron chi connectivity index (χ0n) is 9.05. The van der Waals surface area contributed by atoms with Crippen LogP contribution < -0.4 is 10.6 Å². The average Bonchev–Trinajstić information content (AvgIpc) is 2.63. The third kappa shape index (κ3) is 1.80. The van der Waals surface area contributed by atoms with E-state index in [1.165, 1.54) is 36.0 Å². The normalized spacial score (nSPS) is 20.0. The fraction of sp³-hybridized carbons (Fsp3) is 0.538. The predicted octanol–water partition coefficient (Wildman–Crippen LogP) is 1.93. The molecule has 0 atom stereocenters. The molecule has 3 rings (SSSR count). The molecule has 2 nitrogen and oxygen atoms in total. The van der Waals surface area contributed by atoms with Gasteiger partial charge in [0.25, 0.3) is 0 Å². The molecular formula is C13H18N2. The lowest BCUT2D eigenvalue weighted by Gasteiger charge is -2.27. The molecule has 0 radical (unpaired) electrons. The van der Waals surface area contributed by atoms with Crippen molar-refractivity contribution in [3.05, 3.63) is 34.9 Å². The van der Waals surface area contributed by atoms with E-state index in [-0.39, 0.29) is 0 Å². The van der Waals surface area contributed by atoms with Gasteiger partial charge >= 0.3 is 0 Å². The SMILES string of the molecule is c1cc2c(c(CNC3CCC3)c1)CNC2. The molecule has 0 aromatic heterocycles. The summed E-state index contributed by atoms with van der Waals surface area (Å²) in [6.07, 6.45) is 4.15. The van der Waals surface area contributed by atoms with Crippen LogP contribution >= 0.6 is 0 Å². The van der Waals surface area contributed by atoms with E-state index >= 15 is 0 Å². The van der Waals surface area contributed by atoms with Crippen LogP contribution in [0.5, 0.6) is 0 Å². The second kappa shape index (κ2) is 3.95. The van der Waals surface area contributed by atoms with E-state index in [0.717, 1.165) is 25.7 Å². The topological polar surface area (TPSA) is 24.1 Å². The number of rotatable bonds is 3. The molecule has 0 bridgehead atoms. The highest BCUT2D eigenvalue weighted by atomic mass is 14.9. The first kappa shape index (κ1) is 9.37. The van der Waals surface area contributed by atoms with Gasteiger partial charge in [-0.2, -0.15) is 0 Å². The largest absolute Gasteiger partial charge is 0.310 e. The van der Waals surface area contributed by atoms with Crippen LogP contribution in [0.3, 0.4) is 0 Å². The Balaban J connectivity index is 1.71. The fourth-order valence-electron chi connectivity index (χ4n) is 2.43. The summed E-state index contributed by atoms with van der Waals surface area (Å²) in [4.78, 5) is 0. The molecule has 1 aliphatic heterocycles. The molecule has 15 heavy (non-hydrogen) atoms. The molecule has 1 aromatic carbocycles. The molecule has 1 aromatic rings. The first-order valence-corrected chi connectivity index (χ1v) is 5.97. The Kier molecular flexibility index (Phi) is 2.47. The Labute approximate surface area is 91.1 Å². The van der Waals surface area contributed by atoms with Crippen molar-refractivity contribution in [2.75, 3.05) is 0 Å². The van der Waals surface area contributed by atoms with Gasteiger partial charge in [-0.3, -0.25) is 0 Å². The van der Waals surface area contributed by atoms with Crippen LogP contribution in [-0.4, -0.2) is 6.04 Å². The Morgan fingerprint density at radius 1 is 1.27 bits per heavy atom. The van der Waals surface area contributed by atoms with Gasteiger partial charge in [-0.25, -0.2) is 0 Å². The van der Waals surface area contributed by atoms with Gasteiger partial charge in [0.15, 0.2) is 0 Å². The summed E-state index contributed by atoms with van der Waals surface area (Å²) in [6, 6.07) is 7.47. The highest BCUT2D eigenvalue weighted by Gasteiger charge is 2.18. The van der Waals surface area contributed by atoms with Gasteiger partial charge in [0.1, 0.15) is 0 Å². The number of nitrogens with one attached hydrogen (secondary N) is 2. The van der Waals surface area contributed by atoms with E-state index in [1.807, 2.05) is 0 Å². The minimum Gasteiger partial charge on any atom is -0.310 e. The zero-order chi connectivity index (χ0) is 10.1. The summed E-state index contributed by atoms with van der Waals surface area (Å²) < 4.78 is 0. The van der Waals surface area contributed by atoms with E-state index in [4.69, 9.17) is 0 Å². The van der Waals surface area contributed by atoms with Crippen molar-refractivity contribution in [3.63, 3.8) is 0 Å². The predicted molar refractivity (Wildman–Crippen MR) is 61.5 cm³/mol. The van der Waals surface area contributed by atoms with Crippen molar-refractivity contribution in [2.24, 2.45) is 0 Å². The molecule has 0 amide bonds. The maximum atomic E-state index is 3.64. The molecule has 2 N–H and O–H groups in total. The van der Waals surface area contributed by atoms with Crippen molar-refractivity contribution in [3.8, 4) is 0 Å². The average molecular weight is 202 g/mol. The molecule has 0 saturated heterocycles. The standard InChI is InChI=1S/C13H18N2/c1-3-10-7-14-9-13(10)11(4-1)8-15-12-5-2-6-12/h1,3-4,12,14-15H,2,5-9H2. The van der Waals surface area contributed by atoms with Crippen LogP contribution in [0, 0.1) is 0 Å². The molecule has 0 spiro atoms. The summed E-state index contributed by atoms with van der Waals surface area (Å²) in [5.74, 6) is 0. The van der Waals surface area contributed by atoms with Crippen LogP contribution in [0.2, 0.25) is 0 Å². The number of hydrogen-bond acceptors (Lipinski definition) is 2. The number of benzene rings is 1. The molecule has 1 heterocycles. The summed E-state index contributed by atoms with van der Waals surface area (Å²) in [5.41, 5.74) is 4.51. The molecule has 1 aliphatic carbocycles. The van der Waals surface area contributed by atoms with Gasteiger partial charge in [0.2, 0.25) is 0 Å². The second-order valence-electron chi connectivity index (χ2n) is 4.67. The molecule has 1 saturated carbocycles. The molecule has 2 heteroatoms. The molecular weight excluding hydrogens is 184 g/mol. The monoisotopic (exact) mass is 202 g/mol. The summed E-state index contributed by atoms with van der Waals surface area (Å²) in [6.45, 7) is 3.15. The van der Waals surface area contributed by atoms with Crippen LogP contribution in [0.4, 0.5) is 0 Å². The van der Waals surface area contributed by atoms with Crippen molar-refractivity contribution in [2.45, 2.75) is 44.9 Å². The van der Waals surface area contributed by atoms with Crippen LogP contribution in [0.15, 0.2) is 18.2 Å².